The number of carbonyl (C=O) groups excluding carboxylic acids is 3. The van der Waals surface area contributed by atoms with Crippen LogP contribution in [0.3, 0.4) is 0 Å². The third kappa shape index (κ3) is 8.89. The maximum atomic E-state index is 11.8. The Bertz CT molecular complexity index is 440. The van der Waals surface area contributed by atoms with Crippen molar-refractivity contribution in [2.24, 2.45) is 5.92 Å². The number of carbonyl (C=O) groups is 3. The fourth-order valence-corrected chi connectivity index (χ4v) is 3.44. The van der Waals surface area contributed by atoms with Gasteiger partial charge < -0.3 is 28.2 Å². The Morgan fingerprint density at radius 3 is 2.72 bits per heavy atom. The third-order valence-electron chi connectivity index (χ3n) is 4.02. The summed E-state index contributed by atoms with van der Waals surface area (Å²) < 4.78 is 5.46. The Balaban J connectivity index is 0.00000576. The van der Waals surface area contributed by atoms with Crippen LogP contribution in [-0.4, -0.2) is 67.0 Å². The zero-order valence-electron chi connectivity index (χ0n) is 15.1. The van der Waals surface area contributed by atoms with Gasteiger partial charge in [0.1, 0.15) is 0 Å². The van der Waals surface area contributed by atoms with E-state index in [-0.39, 0.29) is 47.7 Å². The smallest absolute Gasteiger partial charge is 0.242 e. The molecule has 0 saturated carbocycles. The molecule has 0 aromatic heterocycles. The first kappa shape index (κ1) is 24.2. The van der Waals surface area contributed by atoms with Gasteiger partial charge in [0.15, 0.2) is 0 Å². The summed E-state index contributed by atoms with van der Waals surface area (Å²) in [5, 5.41) is 2.60. The van der Waals surface area contributed by atoms with E-state index in [1.54, 1.807) is 0 Å². The number of halogens is 1. The van der Waals surface area contributed by atoms with E-state index in [1.807, 2.05) is 6.92 Å². The molecule has 146 valence electrons. The van der Waals surface area contributed by atoms with Crippen molar-refractivity contribution in [3.63, 3.8) is 0 Å². The van der Waals surface area contributed by atoms with E-state index >= 15 is 0 Å². The first-order valence-corrected chi connectivity index (χ1v) is 9.59. The lowest BCUT2D eigenvalue weighted by Gasteiger charge is -2.12. The summed E-state index contributed by atoms with van der Waals surface area (Å²) in [4.78, 5) is 36.1. The predicted molar refractivity (Wildman–Crippen MR) is 93.2 cm³/mol. The minimum Gasteiger partial charge on any atom is -1.00 e. The molecule has 0 bridgehead atoms. The Morgan fingerprint density at radius 2 is 2.12 bits per heavy atom. The van der Waals surface area contributed by atoms with E-state index < -0.39 is 0 Å². The Labute approximate surface area is 160 Å². The first-order chi connectivity index (χ1) is 11.5. The van der Waals surface area contributed by atoms with E-state index in [2.05, 4.69) is 11.1 Å². The average molecular weight is 396 g/mol. The number of hydrogen-bond acceptors (Lipinski definition) is 5. The average Bonchev–Trinajstić information content (AvgIpc) is 2.81. The minimum absolute atomic E-state index is 0. The molecule has 1 aliphatic heterocycles. The Kier molecular flexibility index (Phi) is 12.9. The number of imide groups is 1. The monoisotopic (exact) mass is 395 g/mol. The Morgan fingerprint density at radius 1 is 1.40 bits per heavy atom. The lowest BCUT2D eigenvalue weighted by molar-refractivity contribution is -0.368. The number of quaternary nitrogens is 1. The van der Waals surface area contributed by atoms with Gasteiger partial charge in [-0.1, -0.05) is 6.92 Å². The van der Waals surface area contributed by atoms with Crippen molar-refractivity contribution in [2.75, 3.05) is 39.1 Å². The molecule has 1 saturated heterocycles. The van der Waals surface area contributed by atoms with Crippen molar-refractivity contribution < 1.29 is 37.3 Å². The van der Waals surface area contributed by atoms with Crippen LogP contribution < -0.4 is 23.5 Å². The van der Waals surface area contributed by atoms with Gasteiger partial charge in [0.05, 0.1) is 25.0 Å². The third-order valence-corrected chi connectivity index (χ3v) is 5.19. The SMILES string of the molecule is CC(CCCC[NH3+])C(=O)NCCOCCSC1CC(=O)N(C)C1=O.[Cl-]. The van der Waals surface area contributed by atoms with Crippen molar-refractivity contribution in [3.05, 3.63) is 0 Å². The number of hydrogen-bond donors (Lipinski definition) is 2. The van der Waals surface area contributed by atoms with Gasteiger partial charge in [0.2, 0.25) is 17.7 Å². The summed E-state index contributed by atoms with van der Waals surface area (Å²) in [5.74, 6) is 0.508. The second kappa shape index (κ2) is 13.4. The zero-order chi connectivity index (χ0) is 17.9. The molecule has 2 atom stereocenters. The molecule has 1 fully saturated rings. The van der Waals surface area contributed by atoms with Crippen LogP contribution in [0.1, 0.15) is 32.6 Å². The highest BCUT2D eigenvalue weighted by Gasteiger charge is 2.35. The van der Waals surface area contributed by atoms with E-state index in [0.29, 0.717) is 25.5 Å². The lowest BCUT2D eigenvalue weighted by atomic mass is 10.0. The van der Waals surface area contributed by atoms with Crippen molar-refractivity contribution in [3.8, 4) is 0 Å². The van der Waals surface area contributed by atoms with Crippen molar-refractivity contribution in [2.45, 2.75) is 37.9 Å². The van der Waals surface area contributed by atoms with Gasteiger partial charge in [-0.2, -0.15) is 0 Å². The Hall–Kier alpha value is -0.830. The topological polar surface area (TPSA) is 103 Å². The van der Waals surface area contributed by atoms with Crippen LogP contribution in [0.2, 0.25) is 0 Å². The largest absolute Gasteiger partial charge is 1.00 e. The number of amides is 3. The highest BCUT2D eigenvalue weighted by atomic mass is 35.5. The number of ether oxygens (including phenoxy) is 1. The molecule has 2 unspecified atom stereocenters. The summed E-state index contributed by atoms with van der Waals surface area (Å²) in [5.41, 5.74) is 3.79. The summed E-state index contributed by atoms with van der Waals surface area (Å²) in [7, 11) is 1.52. The number of nitrogens with zero attached hydrogens (tertiary/aromatic N) is 1. The van der Waals surface area contributed by atoms with Crippen molar-refractivity contribution >= 4 is 29.5 Å². The number of likely N-dealkylation sites (tertiary alicyclic amines) is 1. The van der Waals surface area contributed by atoms with E-state index in [4.69, 9.17) is 4.74 Å². The molecule has 0 aromatic rings. The van der Waals surface area contributed by atoms with Crippen molar-refractivity contribution in [1.29, 1.82) is 0 Å². The van der Waals surface area contributed by atoms with Crippen LogP contribution >= 0.6 is 11.8 Å². The van der Waals surface area contributed by atoms with Gasteiger partial charge in [0.25, 0.3) is 0 Å². The van der Waals surface area contributed by atoms with E-state index in [9.17, 15) is 14.4 Å². The highest BCUT2D eigenvalue weighted by molar-refractivity contribution is 8.00. The molecule has 9 heteroatoms. The van der Waals surface area contributed by atoms with Gasteiger partial charge in [-0.15, -0.1) is 11.8 Å². The standard InChI is InChI=1S/C16H29N3O4S.ClH/c1-12(5-3-4-6-17)15(21)18-7-8-23-9-10-24-13-11-14(20)19(2)16(13)22;/h12-13H,3-11,17H2,1-2H3,(H,18,21);1H. The molecule has 1 rings (SSSR count). The van der Waals surface area contributed by atoms with Gasteiger partial charge in [-0.05, 0) is 19.3 Å². The first-order valence-electron chi connectivity index (χ1n) is 8.54. The normalized spacial score (nSPS) is 18.2. The molecule has 7 nitrogen and oxygen atoms in total. The quantitative estimate of drug-likeness (QED) is 0.265. The lowest BCUT2D eigenvalue weighted by Crippen LogP contribution is -3.00. The molecular weight excluding hydrogens is 366 g/mol. The van der Waals surface area contributed by atoms with E-state index in [1.165, 1.54) is 23.7 Å². The van der Waals surface area contributed by atoms with Gasteiger partial charge in [-0.25, -0.2) is 0 Å². The predicted octanol–water partition coefficient (Wildman–Crippen LogP) is -3.34. The van der Waals surface area contributed by atoms with Crippen LogP contribution in [-0.2, 0) is 19.1 Å². The van der Waals surface area contributed by atoms with Crippen LogP contribution in [0.15, 0.2) is 0 Å². The molecule has 0 spiro atoms. The molecule has 4 N–H and O–H groups in total. The fraction of sp³-hybridized carbons (Fsp3) is 0.812. The molecule has 1 aliphatic rings. The van der Waals surface area contributed by atoms with Crippen LogP contribution in [0, 0.1) is 5.92 Å². The van der Waals surface area contributed by atoms with Crippen LogP contribution in [0.4, 0.5) is 0 Å². The van der Waals surface area contributed by atoms with Gasteiger partial charge >= 0.3 is 0 Å². The molecule has 25 heavy (non-hydrogen) atoms. The summed E-state index contributed by atoms with van der Waals surface area (Å²) in [6, 6.07) is 0. The van der Waals surface area contributed by atoms with E-state index in [0.717, 1.165) is 25.8 Å². The van der Waals surface area contributed by atoms with Crippen LogP contribution in [0.25, 0.3) is 0 Å². The molecule has 0 radical (unpaired) electrons. The molecular formula is C16H30ClN3O4S. The summed E-state index contributed by atoms with van der Waals surface area (Å²) in [6.07, 6.45) is 3.26. The zero-order valence-corrected chi connectivity index (χ0v) is 16.7. The summed E-state index contributed by atoms with van der Waals surface area (Å²) in [6.45, 7) is 4.30. The summed E-state index contributed by atoms with van der Waals surface area (Å²) >= 11 is 1.45. The number of nitrogens with one attached hydrogen (secondary N) is 1. The van der Waals surface area contributed by atoms with Crippen molar-refractivity contribution in [1.82, 2.24) is 10.2 Å². The fourth-order valence-electron chi connectivity index (χ4n) is 2.38. The maximum Gasteiger partial charge on any atom is 0.242 e. The maximum absolute atomic E-state index is 11.8. The molecule has 0 aromatic carbocycles. The molecule has 1 heterocycles. The van der Waals surface area contributed by atoms with Crippen LogP contribution in [0.5, 0.6) is 0 Å². The second-order valence-corrected chi connectivity index (χ2v) is 7.32. The van der Waals surface area contributed by atoms with Gasteiger partial charge in [-0.3, -0.25) is 19.3 Å². The number of rotatable bonds is 12. The highest BCUT2D eigenvalue weighted by Crippen LogP contribution is 2.23. The second-order valence-electron chi connectivity index (χ2n) is 6.01. The molecule has 0 aliphatic carbocycles. The van der Waals surface area contributed by atoms with Gasteiger partial charge in [0, 0.05) is 31.7 Å². The molecule has 3 amide bonds. The number of unbranched alkanes of at least 4 members (excludes halogenated alkanes) is 1. The minimum atomic E-state index is -0.273. The number of thioether (sulfide) groups is 1.